The number of hydrogen-bond donors (Lipinski definition) is 2. The van der Waals surface area contributed by atoms with Crippen LogP contribution in [0.1, 0.15) is 23.8 Å². The fourth-order valence-corrected chi connectivity index (χ4v) is 2.47. The second kappa shape index (κ2) is 8.76. The Labute approximate surface area is 134 Å². The molecule has 0 aliphatic heterocycles. The average Bonchev–Trinajstić information content (AvgIpc) is 3.06. The summed E-state index contributed by atoms with van der Waals surface area (Å²) in [6, 6.07) is 0. The summed E-state index contributed by atoms with van der Waals surface area (Å²) in [6.07, 6.45) is 4.72. The molecule has 1 amide bonds. The molecule has 0 fully saturated rings. The molecule has 2 N–H and O–H groups in total. The van der Waals surface area contributed by atoms with Crippen LogP contribution in [-0.4, -0.2) is 40.3 Å². The third-order valence-electron chi connectivity index (χ3n) is 2.70. The number of rotatable bonds is 7. The van der Waals surface area contributed by atoms with E-state index in [1.54, 1.807) is 16.3 Å². The number of carbonyl (C=O) groups is 1. The summed E-state index contributed by atoms with van der Waals surface area (Å²) >= 11 is 1.45. The first kappa shape index (κ1) is 17.6. The van der Waals surface area contributed by atoms with Gasteiger partial charge in [-0.1, -0.05) is 6.92 Å². The maximum Gasteiger partial charge on any atom is 0.270 e. The summed E-state index contributed by atoms with van der Waals surface area (Å²) in [7, 11) is 1.86. The number of thiazole rings is 1. The number of halogens is 1. The lowest BCUT2D eigenvalue weighted by Crippen LogP contribution is -2.32. The van der Waals surface area contributed by atoms with E-state index < -0.39 is 0 Å². The van der Waals surface area contributed by atoms with Crippen LogP contribution in [-0.2, 0) is 7.05 Å². The predicted molar refractivity (Wildman–Crippen MR) is 87.1 cm³/mol. The van der Waals surface area contributed by atoms with Crippen molar-refractivity contribution in [2.45, 2.75) is 13.3 Å². The summed E-state index contributed by atoms with van der Waals surface area (Å²) in [4.78, 5) is 16.3. The number of aromatic nitrogens is 3. The maximum atomic E-state index is 11.9. The van der Waals surface area contributed by atoms with Gasteiger partial charge in [-0.15, -0.1) is 23.7 Å². The van der Waals surface area contributed by atoms with Gasteiger partial charge in [0.15, 0.2) is 0 Å². The van der Waals surface area contributed by atoms with Crippen molar-refractivity contribution in [2.24, 2.45) is 7.05 Å². The molecule has 21 heavy (non-hydrogen) atoms. The molecule has 0 spiro atoms. The topological polar surface area (TPSA) is 71.8 Å². The summed E-state index contributed by atoms with van der Waals surface area (Å²) in [5, 5.41) is 12.8. The predicted octanol–water partition coefficient (Wildman–Crippen LogP) is 1.69. The highest BCUT2D eigenvalue weighted by atomic mass is 35.5. The molecule has 0 bridgehead atoms. The van der Waals surface area contributed by atoms with Gasteiger partial charge in [0.25, 0.3) is 5.91 Å². The fraction of sp³-hybridized carbons (Fsp3) is 0.462. The maximum absolute atomic E-state index is 11.9. The zero-order chi connectivity index (χ0) is 14.4. The number of amides is 1. The number of carbonyl (C=O) groups excluding carboxylic acids is 1. The number of hydrogen-bond acceptors (Lipinski definition) is 5. The number of aryl methyl sites for hydroxylation is 1. The Morgan fingerprint density at radius 2 is 2.19 bits per heavy atom. The molecular weight excluding hydrogens is 310 g/mol. The summed E-state index contributed by atoms with van der Waals surface area (Å²) in [6.45, 7) is 4.47. The van der Waals surface area contributed by atoms with Gasteiger partial charge in [-0.3, -0.25) is 9.48 Å². The van der Waals surface area contributed by atoms with Gasteiger partial charge >= 0.3 is 0 Å². The van der Waals surface area contributed by atoms with Gasteiger partial charge in [-0.05, 0) is 13.0 Å². The minimum absolute atomic E-state index is 0. The highest BCUT2D eigenvalue weighted by Gasteiger charge is 2.12. The average molecular weight is 330 g/mol. The Bertz CT molecular complexity index is 568. The standard InChI is InChI=1S/C13H19N5OS.ClH/c1-3-4-14-5-6-15-12(19)11-9-20-13(17-11)10-7-16-18(2)8-10;/h7-9,14H,3-6H2,1-2H3,(H,15,19);1H. The van der Waals surface area contributed by atoms with Gasteiger partial charge in [-0.25, -0.2) is 4.98 Å². The van der Waals surface area contributed by atoms with Crippen molar-refractivity contribution in [3.8, 4) is 10.6 Å². The molecule has 0 saturated carbocycles. The van der Waals surface area contributed by atoms with Crippen LogP contribution in [0, 0.1) is 0 Å². The van der Waals surface area contributed by atoms with E-state index in [1.807, 2.05) is 13.2 Å². The van der Waals surface area contributed by atoms with Gasteiger partial charge in [0.05, 0.1) is 6.20 Å². The summed E-state index contributed by atoms with van der Waals surface area (Å²) in [5.41, 5.74) is 1.39. The van der Waals surface area contributed by atoms with Crippen LogP contribution in [0.2, 0.25) is 0 Å². The van der Waals surface area contributed by atoms with Gasteiger partial charge in [-0.2, -0.15) is 5.10 Å². The molecule has 0 saturated heterocycles. The first-order valence-corrected chi connectivity index (χ1v) is 7.52. The zero-order valence-corrected chi connectivity index (χ0v) is 13.8. The van der Waals surface area contributed by atoms with Gasteiger partial charge in [0.2, 0.25) is 0 Å². The third-order valence-corrected chi connectivity index (χ3v) is 3.59. The fourth-order valence-electron chi connectivity index (χ4n) is 1.70. The molecule has 0 atom stereocenters. The van der Waals surface area contributed by atoms with Crippen molar-refractivity contribution < 1.29 is 4.79 Å². The summed E-state index contributed by atoms with van der Waals surface area (Å²) < 4.78 is 1.72. The molecule has 0 unspecified atom stereocenters. The molecule has 2 heterocycles. The largest absolute Gasteiger partial charge is 0.349 e. The van der Waals surface area contributed by atoms with Crippen LogP contribution in [0.3, 0.4) is 0 Å². The molecular formula is C13H20ClN5OS. The molecule has 8 heteroatoms. The van der Waals surface area contributed by atoms with Crippen molar-refractivity contribution in [2.75, 3.05) is 19.6 Å². The Kier molecular flexibility index (Phi) is 7.35. The normalized spacial score (nSPS) is 10.2. The molecule has 2 rings (SSSR count). The van der Waals surface area contributed by atoms with E-state index in [-0.39, 0.29) is 18.3 Å². The van der Waals surface area contributed by atoms with E-state index in [0.29, 0.717) is 12.2 Å². The van der Waals surface area contributed by atoms with Crippen LogP contribution >= 0.6 is 23.7 Å². The minimum Gasteiger partial charge on any atom is -0.349 e. The zero-order valence-electron chi connectivity index (χ0n) is 12.1. The van der Waals surface area contributed by atoms with Crippen LogP contribution in [0.15, 0.2) is 17.8 Å². The molecule has 2 aromatic heterocycles. The smallest absolute Gasteiger partial charge is 0.270 e. The second-order valence-electron chi connectivity index (χ2n) is 4.45. The SMILES string of the molecule is CCCNCCNC(=O)c1csc(-c2cnn(C)c2)n1.Cl. The van der Waals surface area contributed by atoms with Crippen molar-refractivity contribution in [1.82, 2.24) is 25.4 Å². The Hall–Kier alpha value is -1.44. The van der Waals surface area contributed by atoms with E-state index in [2.05, 4.69) is 27.6 Å². The minimum atomic E-state index is -0.130. The van der Waals surface area contributed by atoms with Crippen molar-refractivity contribution in [3.05, 3.63) is 23.5 Å². The van der Waals surface area contributed by atoms with Crippen molar-refractivity contribution >= 4 is 29.7 Å². The van der Waals surface area contributed by atoms with Gasteiger partial charge in [0.1, 0.15) is 10.7 Å². The van der Waals surface area contributed by atoms with E-state index in [1.165, 1.54) is 11.3 Å². The highest BCUT2D eigenvalue weighted by molar-refractivity contribution is 7.13. The van der Waals surface area contributed by atoms with E-state index >= 15 is 0 Å². The third kappa shape index (κ3) is 5.11. The Morgan fingerprint density at radius 1 is 1.38 bits per heavy atom. The lowest BCUT2D eigenvalue weighted by molar-refractivity contribution is 0.0950. The monoisotopic (exact) mass is 329 g/mol. The first-order valence-electron chi connectivity index (χ1n) is 6.64. The number of nitrogens with one attached hydrogen (secondary N) is 2. The van der Waals surface area contributed by atoms with E-state index in [4.69, 9.17) is 0 Å². The number of nitrogens with zero attached hydrogens (tertiary/aromatic N) is 3. The molecule has 6 nitrogen and oxygen atoms in total. The van der Waals surface area contributed by atoms with E-state index in [0.717, 1.165) is 30.1 Å². The lowest BCUT2D eigenvalue weighted by Gasteiger charge is -2.04. The van der Waals surface area contributed by atoms with Crippen LogP contribution in [0.4, 0.5) is 0 Å². The molecule has 0 aliphatic carbocycles. The first-order chi connectivity index (χ1) is 9.70. The second-order valence-corrected chi connectivity index (χ2v) is 5.30. The Morgan fingerprint density at radius 3 is 2.86 bits per heavy atom. The Balaban J connectivity index is 0.00000220. The molecule has 0 aliphatic rings. The van der Waals surface area contributed by atoms with Crippen molar-refractivity contribution in [1.29, 1.82) is 0 Å². The van der Waals surface area contributed by atoms with Crippen LogP contribution in [0.25, 0.3) is 10.6 Å². The van der Waals surface area contributed by atoms with Crippen LogP contribution < -0.4 is 10.6 Å². The van der Waals surface area contributed by atoms with Gasteiger partial charge in [0, 0.05) is 37.3 Å². The van der Waals surface area contributed by atoms with Gasteiger partial charge < -0.3 is 10.6 Å². The highest BCUT2D eigenvalue weighted by Crippen LogP contribution is 2.22. The van der Waals surface area contributed by atoms with E-state index in [9.17, 15) is 4.79 Å². The molecule has 2 aromatic rings. The summed E-state index contributed by atoms with van der Waals surface area (Å²) in [5.74, 6) is -0.130. The molecule has 116 valence electrons. The van der Waals surface area contributed by atoms with Crippen LogP contribution in [0.5, 0.6) is 0 Å². The van der Waals surface area contributed by atoms with Crippen molar-refractivity contribution in [3.63, 3.8) is 0 Å². The molecule has 0 radical (unpaired) electrons. The molecule has 0 aromatic carbocycles. The quantitative estimate of drug-likeness (QED) is 0.758. The lowest BCUT2D eigenvalue weighted by atomic mass is 10.4.